The summed E-state index contributed by atoms with van der Waals surface area (Å²) in [7, 11) is 0. The Morgan fingerprint density at radius 3 is 2.32 bits per heavy atom. The summed E-state index contributed by atoms with van der Waals surface area (Å²) in [4.78, 5) is 20.2. The third-order valence-corrected chi connectivity index (χ3v) is 4.80. The minimum Gasteiger partial charge on any atom is -0.365 e. The van der Waals surface area contributed by atoms with Crippen molar-refractivity contribution >= 4 is 34.9 Å². The number of amides is 2. The number of halogens is 2. The van der Waals surface area contributed by atoms with Crippen LogP contribution in [0.2, 0.25) is 10.0 Å². The van der Waals surface area contributed by atoms with Crippen molar-refractivity contribution in [2.24, 2.45) is 0 Å². The van der Waals surface area contributed by atoms with E-state index in [-0.39, 0.29) is 6.03 Å². The maximum Gasteiger partial charge on any atom is 0.317 e. The molecule has 0 aliphatic carbocycles. The van der Waals surface area contributed by atoms with Crippen LogP contribution < -0.4 is 10.2 Å². The Labute approximate surface area is 157 Å². The van der Waals surface area contributed by atoms with Crippen molar-refractivity contribution in [2.75, 3.05) is 37.6 Å². The minimum absolute atomic E-state index is 0.0255. The second kappa shape index (κ2) is 8.41. The molecule has 0 bridgehead atoms. The number of hydrogen-bond donors (Lipinski definition) is 1. The first-order valence-corrected chi connectivity index (χ1v) is 9.01. The summed E-state index contributed by atoms with van der Waals surface area (Å²) in [5, 5.41) is 4.06. The Morgan fingerprint density at radius 1 is 1.04 bits per heavy atom. The molecule has 1 aliphatic rings. The largest absolute Gasteiger partial charge is 0.365 e. The maximum absolute atomic E-state index is 12.3. The normalized spacial score (nSPS) is 14.5. The van der Waals surface area contributed by atoms with Gasteiger partial charge in [-0.05, 0) is 12.0 Å². The molecule has 1 fully saturated rings. The van der Waals surface area contributed by atoms with Crippen molar-refractivity contribution in [3.05, 3.63) is 58.3 Å². The molecule has 0 radical (unpaired) electrons. The lowest BCUT2D eigenvalue weighted by Crippen LogP contribution is -2.52. The van der Waals surface area contributed by atoms with Crippen LogP contribution in [0.25, 0.3) is 0 Å². The monoisotopic (exact) mass is 378 g/mol. The predicted octanol–water partition coefficient (Wildman–Crippen LogP) is 3.46. The highest BCUT2D eigenvalue weighted by molar-refractivity contribution is 6.38. The summed E-state index contributed by atoms with van der Waals surface area (Å²) in [6, 6.07) is 10.1. The fourth-order valence-corrected chi connectivity index (χ4v) is 3.51. The van der Waals surface area contributed by atoms with E-state index in [1.54, 1.807) is 12.4 Å². The van der Waals surface area contributed by atoms with Crippen LogP contribution in [-0.4, -0.2) is 48.6 Å². The minimum atomic E-state index is -0.0255. The van der Waals surface area contributed by atoms with Crippen LogP contribution in [0, 0.1) is 0 Å². The van der Waals surface area contributed by atoms with E-state index in [1.807, 2.05) is 23.1 Å². The molecule has 1 aromatic carbocycles. The number of nitrogens with zero attached hydrogens (tertiary/aromatic N) is 3. The molecule has 1 aliphatic heterocycles. The van der Waals surface area contributed by atoms with Gasteiger partial charge in [-0.15, -0.1) is 0 Å². The SMILES string of the molecule is O=C(NCCc1ccccc1)N1CCN(c2c(Cl)cncc2Cl)CC1. The number of carbonyl (C=O) groups is 1. The van der Waals surface area contributed by atoms with Crippen molar-refractivity contribution in [1.82, 2.24) is 15.2 Å². The van der Waals surface area contributed by atoms with Gasteiger partial charge in [0.25, 0.3) is 0 Å². The van der Waals surface area contributed by atoms with E-state index in [0.717, 1.165) is 12.1 Å². The summed E-state index contributed by atoms with van der Waals surface area (Å²) in [6.07, 6.45) is 4.01. The van der Waals surface area contributed by atoms with E-state index >= 15 is 0 Å². The van der Waals surface area contributed by atoms with E-state index in [9.17, 15) is 4.79 Å². The third-order valence-electron chi connectivity index (χ3n) is 4.24. The average molecular weight is 379 g/mol. The first-order chi connectivity index (χ1) is 12.1. The van der Waals surface area contributed by atoms with Crippen LogP contribution in [0.1, 0.15) is 5.56 Å². The van der Waals surface area contributed by atoms with Gasteiger partial charge < -0.3 is 15.1 Å². The van der Waals surface area contributed by atoms with Crippen LogP contribution in [-0.2, 0) is 6.42 Å². The summed E-state index contributed by atoms with van der Waals surface area (Å²) in [5.74, 6) is 0. The third kappa shape index (κ3) is 4.55. The van der Waals surface area contributed by atoms with Gasteiger partial charge in [-0.25, -0.2) is 4.79 Å². The number of piperazine rings is 1. The number of aromatic nitrogens is 1. The van der Waals surface area contributed by atoms with Crippen LogP contribution >= 0.6 is 23.2 Å². The van der Waals surface area contributed by atoms with Gasteiger partial charge in [-0.3, -0.25) is 4.98 Å². The van der Waals surface area contributed by atoms with Crippen LogP contribution in [0.3, 0.4) is 0 Å². The second-order valence-corrected chi connectivity index (χ2v) is 6.71. The lowest BCUT2D eigenvalue weighted by molar-refractivity contribution is 0.194. The van der Waals surface area contributed by atoms with E-state index in [4.69, 9.17) is 23.2 Å². The van der Waals surface area contributed by atoms with Crippen molar-refractivity contribution < 1.29 is 4.79 Å². The zero-order chi connectivity index (χ0) is 17.6. The van der Waals surface area contributed by atoms with Crippen LogP contribution in [0.15, 0.2) is 42.7 Å². The number of anilines is 1. The van der Waals surface area contributed by atoms with E-state index in [2.05, 4.69) is 27.3 Å². The maximum atomic E-state index is 12.3. The Bertz CT molecular complexity index is 698. The number of carbonyl (C=O) groups excluding carboxylic acids is 1. The number of rotatable bonds is 4. The van der Waals surface area contributed by atoms with Crippen molar-refractivity contribution in [1.29, 1.82) is 0 Å². The van der Waals surface area contributed by atoms with Crippen LogP contribution in [0.5, 0.6) is 0 Å². The molecule has 2 heterocycles. The zero-order valence-corrected chi connectivity index (χ0v) is 15.3. The lowest BCUT2D eigenvalue weighted by atomic mass is 10.1. The van der Waals surface area contributed by atoms with Gasteiger partial charge in [0.05, 0.1) is 15.7 Å². The second-order valence-electron chi connectivity index (χ2n) is 5.89. The number of pyridine rings is 1. The van der Waals surface area contributed by atoms with E-state index < -0.39 is 0 Å². The molecule has 5 nitrogen and oxygen atoms in total. The smallest absolute Gasteiger partial charge is 0.317 e. The number of nitrogens with one attached hydrogen (secondary N) is 1. The van der Waals surface area contributed by atoms with Crippen LogP contribution in [0.4, 0.5) is 10.5 Å². The Kier molecular flexibility index (Phi) is 6.00. The topological polar surface area (TPSA) is 48.5 Å². The fourth-order valence-electron chi connectivity index (χ4n) is 2.91. The molecule has 7 heteroatoms. The quantitative estimate of drug-likeness (QED) is 0.885. The van der Waals surface area contributed by atoms with Crippen molar-refractivity contribution in [3.63, 3.8) is 0 Å². The average Bonchev–Trinajstić information content (AvgIpc) is 2.63. The molecular formula is C18H20Cl2N4O. The molecule has 25 heavy (non-hydrogen) atoms. The highest BCUT2D eigenvalue weighted by atomic mass is 35.5. The fraction of sp³-hybridized carbons (Fsp3) is 0.333. The molecule has 0 unspecified atom stereocenters. The highest BCUT2D eigenvalue weighted by Crippen LogP contribution is 2.32. The predicted molar refractivity (Wildman–Crippen MR) is 102 cm³/mol. The molecule has 0 atom stereocenters. The number of hydrogen-bond acceptors (Lipinski definition) is 3. The summed E-state index contributed by atoms with van der Waals surface area (Å²) in [5.41, 5.74) is 2.01. The van der Waals surface area contributed by atoms with E-state index in [0.29, 0.717) is 42.8 Å². The Morgan fingerprint density at radius 2 is 1.68 bits per heavy atom. The lowest BCUT2D eigenvalue weighted by Gasteiger charge is -2.36. The van der Waals surface area contributed by atoms with Crippen molar-refractivity contribution in [2.45, 2.75) is 6.42 Å². The van der Waals surface area contributed by atoms with Crippen molar-refractivity contribution in [3.8, 4) is 0 Å². The summed E-state index contributed by atoms with van der Waals surface area (Å²) in [6.45, 7) is 3.27. The molecular weight excluding hydrogens is 359 g/mol. The van der Waals surface area contributed by atoms with Gasteiger partial charge in [-0.2, -0.15) is 0 Å². The molecule has 132 valence electrons. The molecule has 1 saturated heterocycles. The van der Waals surface area contributed by atoms with Gasteiger partial charge in [0.2, 0.25) is 0 Å². The van der Waals surface area contributed by atoms with Gasteiger partial charge in [0.15, 0.2) is 0 Å². The number of benzene rings is 1. The van der Waals surface area contributed by atoms with Gasteiger partial charge in [0, 0.05) is 45.1 Å². The van der Waals surface area contributed by atoms with Gasteiger partial charge >= 0.3 is 6.03 Å². The van der Waals surface area contributed by atoms with Gasteiger partial charge in [0.1, 0.15) is 0 Å². The molecule has 0 saturated carbocycles. The Balaban J connectivity index is 1.48. The summed E-state index contributed by atoms with van der Waals surface area (Å²) >= 11 is 12.4. The first kappa shape index (κ1) is 17.8. The standard InChI is InChI=1S/C18H20Cl2N4O/c19-15-12-21-13-16(20)17(15)23-8-10-24(11-9-23)18(25)22-7-6-14-4-2-1-3-5-14/h1-5,12-13H,6-11H2,(H,22,25). The molecule has 1 aromatic heterocycles. The number of urea groups is 1. The van der Waals surface area contributed by atoms with Gasteiger partial charge in [-0.1, -0.05) is 53.5 Å². The molecule has 2 aromatic rings. The Hall–Kier alpha value is -1.98. The summed E-state index contributed by atoms with van der Waals surface area (Å²) < 4.78 is 0. The van der Waals surface area contributed by atoms with E-state index in [1.165, 1.54) is 5.56 Å². The zero-order valence-electron chi connectivity index (χ0n) is 13.8. The molecule has 3 rings (SSSR count). The first-order valence-electron chi connectivity index (χ1n) is 8.26. The molecule has 2 amide bonds. The molecule has 0 spiro atoms. The highest BCUT2D eigenvalue weighted by Gasteiger charge is 2.23. The molecule has 1 N–H and O–H groups in total.